The minimum absolute atomic E-state index is 0.0272. The molecule has 0 radical (unpaired) electrons. The third kappa shape index (κ3) is 4.86. The van der Waals surface area contributed by atoms with Gasteiger partial charge in [-0.25, -0.2) is 9.78 Å². The van der Waals surface area contributed by atoms with E-state index in [9.17, 15) is 19.7 Å². The number of nitro groups is 1. The fourth-order valence-electron chi connectivity index (χ4n) is 2.79. The molecule has 150 valence electrons. The number of carbonyl (C=O) groups excluding carboxylic acids is 1. The molecular weight excluding hydrogens is 376 g/mol. The summed E-state index contributed by atoms with van der Waals surface area (Å²) in [7, 11) is 0. The molecule has 4 N–H and O–H groups in total. The monoisotopic (exact) mass is 396 g/mol. The Morgan fingerprint density at radius 1 is 1.17 bits per heavy atom. The number of hydrogen-bond donors (Lipinski definition) is 4. The zero-order valence-electron chi connectivity index (χ0n) is 15.7. The van der Waals surface area contributed by atoms with Crippen LogP contribution in [0.3, 0.4) is 0 Å². The normalized spacial score (nSPS) is 10.5. The molecule has 0 atom stereocenters. The number of aryl methyl sites for hydroxylation is 1. The van der Waals surface area contributed by atoms with Crippen LogP contribution >= 0.6 is 0 Å². The summed E-state index contributed by atoms with van der Waals surface area (Å²) in [6, 6.07) is 9.94. The maximum absolute atomic E-state index is 12.1. The first kappa shape index (κ1) is 19.8. The molecule has 2 amide bonds. The van der Waals surface area contributed by atoms with Crippen LogP contribution < -0.4 is 21.5 Å². The van der Waals surface area contributed by atoms with Crippen molar-refractivity contribution in [1.82, 2.24) is 15.3 Å². The Labute approximate surface area is 165 Å². The standard InChI is InChI=1S/C19H20N6O4/c1-12-3-5-13(6-4-12)24-19(27)21-10-2-9-20-14-7-8-15(25(28)29)17-16(14)18(26)23-11-22-17/h3-8,11,20H,2,9-10H2,1H3,(H2,21,24,27)(H,22,23,26). The summed E-state index contributed by atoms with van der Waals surface area (Å²) in [6.07, 6.45) is 1.72. The molecule has 1 heterocycles. The van der Waals surface area contributed by atoms with E-state index in [2.05, 4.69) is 25.9 Å². The Morgan fingerprint density at radius 3 is 2.66 bits per heavy atom. The topological polar surface area (TPSA) is 142 Å². The average Bonchev–Trinajstić information content (AvgIpc) is 2.69. The van der Waals surface area contributed by atoms with Crippen LogP contribution in [-0.2, 0) is 0 Å². The lowest BCUT2D eigenvalue weighted by Crippen LogP contribution is -2.30. The predicted molar refractivity (Wildman–Crippen MR) is 110 cm³/mol. The highest BCUT2D eigenvalue weighted by Gasteiger charge is 2.17. The quantitative estimate of drug-likeness (QED) is 0.275. The summed E-state index contributed by atoms with van der Waals surface area (Å²) in [4.78, 5) is 40.9. The first-order chi connectivity index (χ1) is 14.0. The van der Waals surface area contributed by atoms with E-state index in [4.69, 9.17) is 0 Å². The number of non-ortho nitro benzene ring substituents is 1. The number of amides is 2. The highest BCUT2D eigenvalue weighted by atomic mass is 16.6. The zero-order chi connectivity index (χ0) is 20.8. The number of hydrogen-bond acceptors (Lipinski definition) is 6. The van der Waals surface area contributed by atoms with Gasteiger partial charge in [0.15, 0.2) is 5.52 Å². The van der Waals surface area contributed by atoms with Crippen molar-refractivity contribution < 1.29 is 9.72 Å². The molecule has 0 fully saturated rings. The van der Waals surface area contributed by atoms with Gasteiger partial charge in [0.05, 0.1) is 16.6 Å². The van der Waals surface area contributed by atoms with Gasteiger partial charge in [-0.1, -0.05) is 17.7 Å². The fourth-order valence-corrected chi connectivity index (χ4v) is 2.79. The molecule has 3 rings (SSSR count). The van der Waals surface area contributed by atoms with Gasteiger partial charge in [-0.3, -0.25) is 14.9 Å². The van der Waals surface area contributed by atoms with Gasteiger partial charge < -0.3 is 20.9 Å². The Morgan fingerprint density at radius 2 is 1.93 bits per heavy atom. The van der Waals surface area contributed by atoms with Crippen LogP contribution in [0.15, 0.2) is 47.5 Å². The van der Waals surface area contributed by atoms with Crippen molar-refractivity contribution in [3.63, 3.8) is 0 Å². The van der Waals surface area contributed by atoms with Crippen LogP contribution in [0.5, 0.6) is 0 Å². The highest BCUT2D eigenvalue weighted by Crippen LogP contribution is 2.27. The number of aromatic nitrogens is 2. The van der Waals surface area contributed by atoms with Gasteiger partial charge >= 0.3 is 6.03 Å². The van der Waals surface area contributed by atoms with Gasteiger partial charge in [0.1, 0.15) is 0 Å². The molecule has 0 saturated carbocycles. The van der Waals surface area contributed by atoms with Gasteiger partial charge in [-0.15, -0.1) is 0 Å². The Kier molecular flexibility index (Phi) is 6.03. The van der Waals surface area contributed by atoms with Crippen molar-refractivity contribution in [1.29, 1.82) is 0 Å². The summed E-state index contributed by atoms with van der Waals surface area (Å²) >= 11 is 0. The summed E-state index contributed by atoms with van der Waals surface area (Å²) in [5, 5.41) is 19.8. The minimum atomic E-state index is -0.574. The maximum Gasteiger partial charge on any atom is 0.319 e. The van der Waals surface area contributed by atoms with Crippen molar-refractivity contribution in [2.45, 2.75) is 13.3 Å². The molecule has 0 aliphatic rings. The molecule has 0 aliphatic heterocycles. The van der Waals surface area contributed by atoms with E-state index in [0.29, 0.717) is 30.9 Å². The zero-order valence-corrected chi connectivity index (χ0v) is 15.7. The predicted octanol–water partition coefficient (Wildman–Crippen LogP) is 2.76. The molecule has 10 nitrogen and oxygen atoms in total. The number of nitrogens with zero attached hydrogens (tertiary/aromatic N) is 2. The molecule has 29 heavy (non-hydrogen) atoms. The molecule has 10 heteroatoms. The third-order valence-electron chi connectivity index (χ3n) is 4.23. The number of anilines is 2. The second kappa shape index (κ2) is 8.83. The number of carbonyl (C=O) groups is 1. The second-order valence-corrected chi connectivity index (χ2v) is 6.37. The van der Waals surface area contributed by atoms with Crippen molar-refractivity contribution in [3.05, 3.63) is 68.8 Å². The van der Waals surface area contributed by atoms with E-state index in [-0.39, 0.29) is 22.6 Å². The third-order valence-corrected chi connectivity index (χ3v) is 4.23. The van der Waals surface area contributed by atoms with Crippen LogP contribution in [0.25, 0.3) is 10.9 Å². The summed E-state index contributed by atoms with van der Waals surface area (Å²) in [5.74, 6) is 0. The smallest absolute Gasteiger partial charge is 0.319 e. The van der Waals surface area contributed by atoms with E-state index < -0.39 is 10.5 Å². The van der Waals surface area contributed by atoms with Crippen molar-refractivity contribution in [2.24, 2.45) is 0 Å². The first-order valence-electron chi connectivity index (χ1n) is 8.96. The number of H-pyrrole nitrogens is 1. The molecule has 0 bridgehead atoms. The van der Waals surface area contributed by atoms with E-state index in [1.807, 2.05) is 31.2 Å². The van der Waals surface area contributed by atoms with E-state index in [0.717, 1.165) is 11.9 Å². The molecule has 0 saturated heterocycles. The largest absolute Gasteiger partial charge is 0.384 e. The van der Waals surface area contributed by atoms with Crippen molar-refractivity contribution >= 4 is 34.0 Å². The number of nitro benzene ring substituents is 1. The SMILES string of the molecule is Cc1ccc(NC(=O)NCCCNc2ccc([N+](=O)[O-])c3nc[nH]c(=O)c23)cc1. The number of rotatable bonds is 7. The van der Waals surface area contributed by atoms with Crippen molar-refractivity contribution in [2.75, 3.05) is 23.7 Å². The van der Waals surface area contributed by atoms with Gasteiger partial charge in [0.25, 0.3) is 11.2 Å². The van der Waals surface area contributed by atoms with Crippen LogP contribution in [0.1, 0.15) is 12.0 Å². The molecule has 1 aromatic heterocycles. The van der Waals surface area contributed by atoms with Crippen LogP contribution in [0.2, 0.25) is 0 Å². The number of benzene rings is 2. The van der Waals surface area contributed by atoms with Crippen LogP contribution in [0, 0.1) is 17.0 Å². The molecule has 0 aliphatic carbocycles. The first-order valence-corrected chi connectivity index (χ1v) is 8.96. The van der Waals surface area contributed by atoms with Crippen LogP contribution in [-0.4, -0.2) is 34.0 Å². The lowest BCUT2D eigenvalue weighted by atomic mass is 10.1. The Balaban J connectivity index is 1.54. The average molecular weight is 396 g/mol. The number of urea groups is 1. The van der Waals surface area contributed by atoms with E-state index >= 15 is 0 Å². The molecule has 3 aromatic rings. The number of fused-ring (bicyclic) bond motifs is 1. The summed E-state index contributed by atoms with van der Waals surface area (Å²) < 4.78 is 0. The maximum atomic E-state index is 12.1. The van der Waals surface area contributed by atoms with Gasteiger partial charge in [-0.2, -0.15) is 0 Å². The minimum Gasteiger partial charge on any atom is -0.384 e. The Bertz CT molecular complexity index is 1090. The fraction of sp³-hybridized carbons (Fsp3) is 0.211. The van der Waals surface area contributed by atoms with E-state index in [1.54, 1.807) is 0 Å². The number of aromatic amines is 1. The summed E-state index contributed by atoms with van der Waals surface area (Å²) in [5.41, 5.74) is 1.59. The Hall–Kier alpha value is -3.95. The van der Waals surface area contributed by atoms with Crippen molar-refractivity contribution in [3.8, 4) is 0 Å². The van der Waals surface area contributed by atoms with Gasteiger partial charge in [-0.05, 0) is 31.5 Å². The lowest BCUT2D eigenvalue weighted by molar-refractivity contribution is -0.383. The van der Waals surface area contributed by atoms with Gasteiger partial charge in [0, 0.05) is 30.5 Å². The van der Waals surface area contributed by atoms with Crippen LogP contribution in [0.4, 0.5) is 21.9 Å². The lowest BCUT2D eigenvalue weighted by Gasteiger charge is -2.10. The highest BCUT2D eigenvalue weighted by molar-refractivity contribution is 5.96. The second-order valence-electron chi connectivity index (χ2n) is 6.37. The summed E-state index contributed by atoms with van der Waals surface area (Å²) in [6.45, 7) is 2.82. The molecule has 0 spiro atoms. The molecule has 0 unspecified atom stereocenters. The van der Waals surface area contributed by atoms with Gasteiger partial charge in [0.2, 0.25) is 0 Å². The number of nitrogens with one attached hydrogen (secondary N) is 4. The molecule has 2 aromatic carbocycles. The van der Waals surface area contributed by atoms with E-state index in [1.165, 1.54) is 12.1 Å². The molecular formula is C19H20N6O4.